The molecule has 1 rings (SSSR count). The van der Waals surface area contributed by atoms with Crippen LogP contribution in [0.2, 0.25) is 0 Å². The predicted molar refractivity (Wildman–Crippen MR) is 36.0 cm³/mol. The molecule has 0 aromatic heterocycles. The summed E-state index contributed by atoms with van der Waals surface area (Å²) in [6, 6.07) is 0.160. The van der Waals surface area contributed by atoms with Gasteiger partial charge in [-0.3, -0.25) is 0 Å². The van der Waals surface area contributed by atoms with Gasteiger partial charge < -0.3 is 5.73 Å². The summed E-state index contributed by atoms with van der Waals surface area (Å²) in [6.45, 7) is 0. The van der Waals surface area contributed by atoms with E-state index in [9.17, 15) is 13.2 Å². The Balaban J connectivity index is 2.05. The van der Waals surface area contributed by atoms with Gasteiger partial charge in [-0.2, -0.15) is 13.2 Å². The number of hydrogen-bond acceptors (Lipinski definition) is 1. The minimum absolute atomic E-state index is 0.160. The zero-order valence-corrected chi connectivity index (χ0v) is 6.19. The van der Waals surface area contributed by atoms with E-state index in [0.717, 1.165) is 12.8 Å². The maximum Gasteiger partial charge on any atom is 0.389 e. The first-order valence-corrected chi connectivity index (χ1v) is 3.80. The number of nitrogens with two attached hydrogens (primary N) is 1. The van der Waals surface area contributed by atoms with Gasteiger partial charge in [-0.15, -0.1) is 0 Å². The van der Waals surface area contributed by atoms with Crippen LogP contribution in [-0.4, -0.2) is 12.2 Å². The number of rotatable bonds is 2. The SMILES string of the molecule is NC1CC(CCC(F)(F)F)C1. The van der Waals surface area contributed by atoms with Crippen LogP contribution >= 0.6 is 0 Å². The predicted octanol–water partition coefficient (Wildman–Crippen LogP) is 2.07. The fourth-order valence-electron chi connectivity index (χ4n) is 1.39. The first kappa shape index (κ1) is 8.84. The average molecular weight is 167 g/mol. The van der Waals surface area contributed by atoms with E-state index in [1.165, 1.54) is 0 Å². The molecule has 0 aromatic rings. The molecule has 1 nitrogen and oxygen atoms in total. The highest BCUT2D eigenvalue weighted by atomic mass is 19.4. The summed E-state index contributed by atoms with van der Waals surface area (Å²) < 4.78 is 34.9. The molecule has 1 fully saturated rings. The second-order valence-electron chi connectivity index (χ2n) is 3.25. The van der Waals surface area contributed by atoms with E-state index < -0.39 is 12.6 Å². The molecule has 0 radical (unpaired) electrons. The zero-order chi connectivity index (χ0) is 8.48. The van der Waals surface area contributed by atoms with Crippen molar-refractivity contribution in [3.63, 3.8) is 0 Å². The Morgan fingerprint density at radius 1 is 1.27 bits per heavy atom. The lowest BCUT2D eigenvalue weighted by atomic mass is 9.78. The van der Waals surface area contributed by atoms with E-state index in [4.69, 9.17) is 5.73 Å². The Labute approximate surface area is 63.8 Å². The molecular formula is C7H12F3N. The summed E-state index contributed by atoms with van der Waals surface area (Å²) in [7, 11) is 0. The van der Waals surface area contributed by atoms with Crippen LogP contribution in [0.25, 0.3) is 0 Å². The highest BCUT2D eigenvalue weighted by Crippen LogP contribution is 2.33. The maximum absolute atomic E-state index is 11.6. The fraction of sp³-hybridized carbons (Fsp3) is 1.00. The van der Waals surface area contributed by atoms with Gasteiger partial charge in [0.05, 0.1) is 0 Å². The van der Waals surface area contributed by atoms with Crippen LogP contribution < -0.4 is 5.73 Å². The molecule has 0 aliphatic heterocycles. The Bertz CT molecular complexity index is 126. The molecule has 11 heavy (non-hydrogen) atoms. The first-order valence-electron chi connectivity index (χ1n) is 3.80. The minimum atomic E-state index is -3.99. The molecule has 1 aliphatic rings. The molecule has 1 aliphatic carbocycles. The normalized spacial score (nSPS) is 31.6. The summed E-state index contributed by atoms with van der Waals surface area (Å²) in [4.78, 5) is 0. The first-order chi connectivity index (χ1) is 4.97. The quantitative estimate of drug-likeness (QED) is 0.669. The summed E-state index contributed by atoms with van der Waals surface area (Å²) in [5.41, 5.74) is 5.43. The van der Waals surface area contributed by atoms with Gasteiger partial charge in [0, 0.05) is 12.5 Å². The Morgan fingerprint density at radius 2 is 1.82 bits per heavy atom. The summed E-state index contributed by atoms with van der Waals surface area (Å²) >= 11 is 0. The van der Waals surface area contributed by atoms with Crippen molar-refractivity contribution in [2.24, 2.45) is 11.7 Å². The van der Waals surface area contributed by atoms with E-state index in [2.05, 4.69) is 0 Å². The Kier molecular flexibility index (Phi) is 2.42. The third-order valence-corrected chi connectivity index (χ3v) is 2.11. The Hall–Kier alpha value is -0.250. The van der Waals surface area contributed by atoms with Gasteiger partial charge in [-0.1, -0.05) is 0 Å². The molecule has 0 heterocycles. The van der Waals surface area contributed by atoms with Crippen LogP contribution in [0.4, 0.5) is 13.2 Å². The topological polar surface area (TPSA) is 26.0 Å². The van der Waals surface area contributed by atoms with Gasteiger partial charge in [0.2, 0.25) is 0 Å². The molecule has 0 bridgehead atoms. The lowest BCUT2D eigenvalue weighted by Crippen LogP contribution is -2.36. The molecule has 0 amide bonds. The molecular weight excluding hydrogens is 155 g/mol. The van der Waals surface area contributed by atoms with Crippen molar-refractivity contribution >= 4 is 0 Å². The van der Waals surface area contributed by atoms with Gasteiger partial charge in [0.1, 0.15) is 0 Å². The maximum atomic E-state index is 11.6. The standard InChI is InChI=1S/C7H12F3N/c8-7(9,10)2-1-5-3-6(11)4-5/h5-6H,1-4,11H2. The highest BCUT2D eigenvalue weighted by Gasteiger charge is 2.32. The van der Waals surface area contributed by atoms with Crippen molar-refractivity contribution < 1.29 is 13.2 Å². The molecule has 0 saturated heterocycles. The van der Waals surface area contributed by atoms with E-state index in [0.29, 0.717) is 0 Å². The van der Waals surface area contributed by atoms with E-state index in [1.54, 1.807) is 0 Å². The monoisotopic (exact) mass is 167 g/mol. The molecule has 0 unspecified atom stereocenters. The van der Waals surface area contributed by atoms with Crippen molar-refractivity contribution in [3.05, 3.63) is 0 Å². The van der Waals surface area contributed by atoms with Crippen molar-refractivity contribution in [2.75, 3.05) is 0 Å². The van der Waals surface area contributed by atoms with Gasteiger partial charge in [-0.05, 0) is 25.2 Å². The van der Waals surface area contributed by atoms with Crippen molar-refractivity contribution in [1.82, 2.24) is 0 Å². The van der Waals surface area contributed by atoms with Crippen LogP contribution in [0.5, 0.6) is 0 Å². The van der Waals surface area contributed by atoms with E-state index in [1.807, 2.05) is 0 Å². The van der Waals surface area contributed by atoms with E-state index in [-0.39, 0.29) is 18.4 Å². The van der Waals surface area contributed by atoms with Gasteiger partial charge >= 0.3 is 6.18 Å². The van der Waals surface area contributed by atoms with E-state index >= 15 is 0 Å². The minimum Gasteiger partial charge on any atom is -0.328 e. The zero-order valence-electron chi connectivity index (χ0n) is 6.19. The summed E-state index contributed by atoms with van der Waals surface area (Å²) in [5.74, 6) is 0.228. The number of halogens is 3. The number of alkyl halides is 3. The molecule has 0 aromatic carbocycles. The van der Waals surface area contributed by atoms with Gasteiger partial charge in [-0.25, -0.2) is 0 Å². The van der Waals surface area contributed by atoms with Crippen LogP contribution in [0.15, 0.2) is 0 Å². The molecule has 4 heteroatoms. The largest absolute Gasteiger partial charge is 0.389 e. The number of hydrogen-bond donors (Lipinski definition) is 1. The highest BCUT2D eigenvalue weighted by molar-refractivity contribution is 4.82. The van der Waals surface area contributed by atoms with Crippen LogP contribution in [0, 0.1) is 5.92 Å². The molecule has 66 valence electrons. The molecule has 1 saturated carbocycles. The van der Waals surface area contributed by atoms with Crippen LogP contribution in [-0.2, 0) is 0 Å². The summed E-state index contributed by atoms with van der Waals surface area (Å²) in [6.07, 6.45) is -2.83. The van der Waals surface area contributed by atoms with Crippen LogP contribution in [0.3, 0.4) is 0 Å². The lowest BCUT2D eigenvalue weighted by Gasteiger charge is -2.32. The van der Waals surface area contributed by atoms with Crippen molar-refractivity contribution in [1.29, 1.82) is 0 Å². The lowest BCUT2D eigenvalue weighted by molar-refractivity contribution is -0.139. The average Bonchev–Trinajstić information content (AvgIpc) is 1.75. The van der Waals surface area contributed by atoms with Crippen LogP contribution in [0.1, 0.15) is 25.7 Å². The molecule has 0 spiro atoms. The molecule has 0 atom stereocenters. The fourth-order valence-corrected chi connectivity index (χ4v) is 1.39. The third kappa shape index (κ3) is 3.10. The summed E-state index contributed by atoms with van der Waals surface area (Å²) in [5, 5.41) is 0. The van der Waals surface area contributed by atoms with Crippen molar-refractivity contribution in [2.45, 2.75) is 37.9 Å². The molecule has 2 N–H and O–H groups in total. The Morgan fingerprint density at radius 3 is 2.18 bits per heavy atom. The second-order valence-corrected chi connectivity index (χ2v) is 3.25. The third-order valence-electron chi connectivity index (χ3n) is 2.11. The van der Waals surface area contributed by atoms with Gasteiger partial charge in [0.25, 0.3) is 0 Å². The second kappa shape index (κ2) is 3.01. The smallest absolute Gasteiger partial charge is 0.328 e. The van der Waals surface area contributed by atoms with Crippen molar-refractivity contribution in [3.8, 4) is 0 Å². The van der Waals surface area contributed by atoms with Gasteiger partial charge in [0.15, 0.2) is 0 Å².